The standard InChI is InChI=1S/C41H47N3.C4H8.C2H6/c1-5-33(30(4)38(7-3)34-14-9-8-10-15-34)16-11-17-35-25-36(22-21-31-24-32(26-42)28-43-27-31)41(40-20-12-19-39(35)40)29-44-23-13-18-37(44)6-2;1-4(2)3;1-2/h5,7-11,14-15,17,24-25,27-28,37H,1,6,12-13,16,18-23,29H2,2-4H3;1H2,2-3H3;1-2H3/b17-11-,33-30+,38-7+;;. The van der Waals surface area contributed by atoms with Crippen LogP contribution in [0, 0.1) is 11.3 Å². The molecule has 5 rings (SSSR count). The van der Waals surface area contributed by atoms with E-state index in [9.17, 15) is 5.26 Å². The molecule has 0 saturated carbocycles. The van der Waals surface area contributed by atoms with Crippen LogP contribution in [0.1, 0.15) is 125 Å². The van der Waals surface area contributed by atoms with Gasteiger partial charge in [0.05, 0.1) is 5.56 Å². The third-order valence-corrected chi connectivity index (χ3v) is 9.73. The van der Waals surface area contributed by atoms with Crippen molar-refractivity contribution < 1.29 is 0 Å². The van der Waals surface area contributed by atoms with Crippen LogP contribution in [-0.2, 0) is 32.2 Å². The summed E-state index contributed by atoms with van der Waals surface area (Å²) in [6, 6.07) is 18.1. The molecule has 1 atom stereocenters. The van der Waals surface area contributed by atoms with Crippen LogP contribution in [0.3, 0.4) is 0 Å². The first-order valence-electron chi connectivity index (χ1n) is 18.9. The molecule has 1 unspecified atom stereocenters. The molecule has 0 amide bonds. The Labute approximate surface area is 304 Å². The van der Waals surface area contributed by atoms with E-state index in [4.69, 9.17) is 0 Å². The fraction of sp³-hybridized carbons (Fsp3) is 0.404. The summed E-state index contributed by atoms with van der Waals surface area (Å²) in [6.07, 6.45) is 22.6. The van der Waals surface area contributed by atoms with E-state index in [-0.39, 0.29) is 0 Å². The molecule has 264 valence electrons. The van der Waals surface area contributed by atoms with E-state index < -0.39 is 0 Å². The van der Waals surface area contributed by atoms with Gasteiger partial charge >= 0.3 is 0 Å². The van der Waals surface area contributed by atoms with Crippen LogP contribution in [-0.4, -0.2) is 22.5 Å². The largest absolute Gasteiger partial charge is 0.296 e. The molecule has 1 aromatic heterocycles. The summed E-state index contributed by atoms with van der Waals surface area (Å²) in [6.45, 7) is 24.6. The summed E-state index contributed by atoms with van der Waals surface area (Å²) in [7, 11) is 0. The van der Waals surface area contributed by atoms with Gasteiger partial charge in [0.1, 0.15) is 6.07 Å². The number of fused-ring (bicyclic) bond motifs is 1. The molecule has 1 fully saturated rings. The van der Waals surface area contributed by atoms with Gasteiger partial charge in [-0.2, -0.15) is 5.26 Å². The Kier molecular flexibility index (Phi) is 16.9. The third kappa shape index (κ3) is 11.1. The average molecular weight is 668 g/mol. The number of nitriles is 1. The highest BCUT2D eigenvalue weighted by Crippen LogP contribution is 2.36. The molecule has 1 aliphatic carbocycles. The Morgan fingerprint density at radius 1 is 1.02 bits per heavy atom. The molecule has 50 heavy (non-hydrogen) atoms. The summed E-state index contributed by atoms with van der Waals surface area (Å²) in [5.74, 6) is 0. The number of aromatic nitrogens is 1. The Morgan fingerprint density at radius 2 is 1.74 bits per heavy atom. The van der Waals surface area contributed by atoms with Crippen molar-refractivity contribution in [3.8, 4) is 6.07 Å². The van der Waals surface area contributed by atoms with Gasteiger partial charge in [-0.25, -0.2) is 0 Å². The Bertz CT molecular complexity index is 1690. The average Bonchev–Trinajstić information content (AvgIpc) is 3.82. The molecule has 1 saturated heterocycles. The van der Waals surface area contributed by atoms with Crippen molar-refractivity contribution in [1.82, 2.24) is 9.88 Å². The molecule has 0 spiro atoms. The van der Waals surface area contributed by atoms with Gasteiger partial charge in [0.2, 0.25) is 0 Å². The lowest BCUT2D eigenvalue weighted by molar-refractivity contribution is 0.239. The number of pyridine rings is 1. The maximum absolute atomic E-state index is 9.40. The lowest BCUT2D eigenvalue weighted by Crippen LogP contribution is -2.29. The summed E-state index contributed by atoms with van der Waals surface area (Å²) in [5, 5.41) is 9.40. The molecule has 1 aliphatic heterocycles. The fourth-order valence-corrected chi connectivity index (χ4v) is 7.35. The predicted molar refractivity (Wildman–Crippen MR) is 217 cm³/mol. The van der Waals surface area contributed by atoms with Crippen LogP contribution in [0.25, 0.3) is 11.6 Å². The van der Waals surface area contributed by atoms with Crippen LogP contribution < -0.4 is 0 Å². The molecular formula is C47H61N3. The zero-order valence-electron chi connectivity index (χ0n) is 32.1. The monoisotopic (exact) mass is 667 g/mol. The quantitative estimate of drug-likeness (QED) is 0.143. The van der Waals surface area contributed by atoms with Gasteiger partial charge in [-0.3, -0.25) is 9.88 Å². The third-order valence-electron chi connectivity index (χ3n) is 9.73. The number of hydrogen-bond donors (Lipinski definition) is 0. The first-order valence-corrected chi connectivity index (χ1v) is 18.9. The second-order valence-electron chi connectivity index (χ2n) is 13.5. The summed E-state index contributed by atoms with van der Waals surface area (Å²) >= 11 is 0. The molecule has 0 bridgehead atoms. The first kappa shape index (κ1) is 40.2. The minimum Gasteiger partial charge on any atom is -0.296 e. The smallest absolute Gasteiger partial charge is 0.101 e. The number of allylic oxidation sites excluding steroid dienone is 7. The number of benzene rings is 2. The van der Waals surface area contributed by atoms with Gasteiger partial charge in [0, 0.05) is 25.0 Å². The number of hydrogen-bond acceptors (Lipinski definition) is 3. The SMILES string of the molecule is C=C(C)C.C=C/C(C/C=C\c1cc(CCc2cncc(C#N)c2)c(CN2CCCC2CC)c2c1CCC2)=C(C)\C(=C/C)c1ccccc1.CC. The van der Waals surface area contributed by atoms with E-state index in [2.05, 4.69) is 105 Å². The van der Waals surface area contributed by atoms with E-state index >= 15 is 0 Å². The summed E-state index contributed by atoms with van der Waals surface area (Å²) < 4.78 is 0. The van der Waals surface area contributed by atoms with Gasteiger partial charge in [0.15, 0.2) is 0 Å². The van der Waals surface area contributed by atoms with Crippen molar-refractivity contribution in [3.05, 3.63) is 147 Å². The highest BCUT2D eigenvalue weighted by molar-refractivity contribution is 5.79. The Morgan fingerprint density at radius 3 is 2.40 bits per heavy atom. The van der Waals surface area contributed by atoms with Crippen molar-refractivity contribution >= 4 is 11.6 Å². The highest BCUT2D eigenvalue weighted by atomic mass is 15.2. The molecule has 0 N–H and O–H groups in total. The van der Waals surface area contributed by atoms with Crippen molar-refractivity contribution in [2.24, 2.45) is 0 Å². The van der Waals surface area contributed by atoms with Gasteiger partial charge in [0.25, 0.3) is 0 Å². The minimum absolute atomic E-state index is 0.637. The van der Waals surface area contributed by atoms with Crippen LogP contribution >= 0.6 is 0 Å². The molecule has 0 radical (unpaired) electrons. The summed E-state index contributed by atoms with van der Waals surface area (Å²) in [5.41, 5.74) is 15.6. The van der Waals surface area contributed by atoms with Gasteiger partial charge in [-0.1, -0.05) is 93.6 Å². The maximum atomic E-state index is 9.40. The summed E-state index contributed by atoms with van der Waals surface area (Å²) in [4.78, 5) is 7.06. The van der Waals surface area contributed by atoms with Gasteiger partial charge in [-0.15, -0.1) is 6.58 Å². The molecule has 3 heteroatoms. The topological polar surface area (TPSA) is 39.9 Å². The van der Waals surface area contributed by atoms with E-state index in [0.29, 0.717) is 11.6 Å². The van der Waals surface area contributed by atoms with Crippen LogP contribution in [0.4, 0.5) is 0 Å². The van der Waals surface area contributed by atoms with E-state index in [1.165, 1.54) is 77.6 Å². The van der Waals surface area contributed by atoms with Crippen molar-refractivity contribution in [3.63, 3.8) is 0 Å². The van der Waals surface area contributed by atoms with Crippen molar-refractivity contribution in [2.45, 2.75) is 119 Å². The van der Waals surface area contributed by atoms with E-state index in [0.717, 1.165) is 37.8 Å². The Balaban J connectivity index is 0.00000105. The molecule has 3 nitrogen and oxygen atoms in total. The predicted octanol–water partition coefficient (Wildman–Crippen LogP) is 12.2. The normalized spacial score (nSPS) is 16.0. The fourth-order valence-electron chi connectivity index (χ4n) is 7.35. The van der Waals surface area contributed by atoms with Gasteiger partial charge < -0.3 is 0 Å². The minimum atomic E-state index is 0.637. The maximum Gasteiger partial charge on any atom is 0.101 e. The zero-order valence-corrected chi connectivity index (χ0v) is 32.1. The lowest BCUT2D eigenvalue weighted by Gasteiger charge is -2.27. The zero-order chi connectivity index (χ0) is 36.5. The highest BCUT2D eigenvalue weighted by Gasteiger charge is 2.27. The molecule has 2 heterocycles. The number of aryl methyl sites for hydroxylation is 2. The second kappa shape index (κ2) is 21.1. The van der Waals surface area contributed by atoms with Crippen LogP contribution in [0.5, 0.6) is 0 Å². The first-order chi connectivity index (χ1) is 24.3. The van der Waals surface area contributed by atoms with Crippen molar-refractivity contribution in [1.29, 1.82) is 5.26 Å². The number of likely N-dealkylation sites (tertiary alicyclic amines) is 1. The van der Waals surface area contributed by atoms with Crippen LogP contribution in [0.15, 0.2) is 103 Å². The second-order valence-corrected chi connectivity index (χ2v) is 13.5. The molecule has 2 aromatic carbocycles. The van der Waals surface area contributed by atoms with Gasteiger partial charge in [-0.05, 0) is 154 Å². The van der Waals surface area contributed by atoms with Crippen molar-refractivity contribution in [2.75, 3.05) is 6.54 Å². The molecule has 2 aliphatic rings. The number of rotatable bonds is 12. The lowest BCUT2D eigenvalue weighted by atomic mass is 9.89. The van der Waals surface area contributed by atoms with Crippen LogP contribution in [0.2, 0.25) is 0 Å². The van der Waals surface area contributed by atoms with E-state index in [1.807, 2.05) is 46.0 Å². The van der Waals surface area contributed by atoms with E-state index in [1.54, 1.807) is 22.9 Å². The molecule has 3 aromatic rings. The Hall–Kier alpha value is -4.26. The number of nitrogens with zero attached hydrogens (tertiary/aromatic N) is 3. The molecular weight excluding hydrogens is 607 g/mol.